The zero-order chi connectivity index (χ0) is 61.8. The molecular formula is C54H80N4Na2O22P4-2. The van der Waals surface area contributed by atoms with E-state index in [1.165, 1.54) is 74.8 Å². The quantitative estimate of drug-likeness (QED) is 0.0653. The molecule has 4 aliphatic carbocycles. The fourth-order valence-electron chi connectivity index (χ4n) is 10.8. The predicted octanol–water partition coefficient (Wildman–Crippen LogP) is -0.276. The SMILES string of the molecule is Cc1cc(C2CCCCC2)n(OCOP(=O)(O)O)c(=O)c1.Cc1cc(C2CCCCC2)n(OCOP(=O)([O-])[O-])c(=O)c1.Cc1cc(C2CCCCC2)n(OCOP(=O)([O-])[O-])c(=O)c1.Cc1cc(C2CCCCC2)n(OCOP(C)(C)=O)c(=O)c1.[Na+].[Na+]. The average Bonchev–Trinajstić information content (AvgIpc) is 2.97. The number of pyridine rings is 4. The number of rotatable bonds is 20. The summed E-state index contributed by atoms with van der Waals surface area (Å²) >= 11 is 0. The number of aryl methyl sites for hydroxylation is 4. The minimum atomic E-state index is -5.12. The molecule has 32 heteroatoms. The second-order valence-electron chi connectivity index (χ2n) is 21.8. The minimum Gasteiger partial charge on any atom is -0.790 e. The molecule has 0 atom stereocenters. The molecule has 4 aliphatic rings. The molecule has 0 saturated heterocycles. The number of nitrogens with zero attached hydrogens (tertiary/aromatic N) is 4. The molecule has 0 spiro atoms. The predicted molar refractivity (Wildman–Crippen MR) is 302 cm³/mol. The molecule has 0 unspecified atom stereocenters. The van der Waals surface area contributed by atoms with Crippen LogP contribution in [0.3, 0.4) is 0 Å². The van der Waals surface area contributed by atoms with E-state index in [9.17, 15) is 57.0 Å². The zero-order valence-corrected chi connectivity index (χ0v) is 58.1. The van der Waals surface area contributed by atoms with Gasteiger partial charge in [0.25, 0.3) is 22.2 Å². The van der Waals surface area contributed by atoms with Crippen LogP contribution in [0.5, 0.6) is 0 Å². The van der Waals surface area contributed by atoms with Crippen LogP contribution in [0, 0.1) is 27.7 Å². The van der Waals surface area contributed by atoms with Crippen LogP contribution in [-0.4, -0.2) is 69.2 Å². The Balaban J connectivity index is 0.000000298. The Labute approximate surface area is 545 Å². The van der Waals surface area contributed by atoms with Crippen molar-refractivity contribution in [3.8, 4) is 0 Å². The number of hydrogen-bond acceptors (Lipinski definition) is 20. The van der Waals surface area contributed by atoms with Crippen LogP contribution in [0.1, 0.15) is 197 Å². The van der Waals surface area contributed by atoms with E-state index in [0.29, 0.717) is 17.3 Å². The molecule has 4 heterocycles. The first-order valence-electron chi connectivity index (χ1n) is 28.2. The molecule has 4 fully saturated rings. The minimum absolute atomic E-state index is 0. The van der Waals surface area contributed by atoms with Crippen molar-refractivity contribution in [1.29, 1.82) is 0 Å². The van der Waals surface area contributed by atoms with Gasteiger partial charge in [-0.05, 0) is 126 Å². The summed E-state index contributed by atoms with van der Waals surface area (Å²) in [6.45, 7) is 7.99. The van der Waals surface area contributed by atoms with Crippen molar-refractivity contribution in [2.24, 2.45) is 0 Å². The van der Waals surface area contributed by atoms with E-state index in [-0.39, 0.29) is 94.8 Å². The number of aromatic nitrogens is 4. The van der Waals surface area contributed by atoms with Gasteiger partial charge in [0, 0.05) is 61.3 Å². The normalized spacial score (nSPS) is 16.5. The molecule has 0 bridgehead atoms. The van der Waals surface area contributed by atoms with Crippen LogP contribution >= 0.6 is 30.8 Å². The van der Waals surface area contributed by atoms with Crippen molar-refractivity contribution in [1.82, 2.24) is 18.9 Å². The molecule has 0 aromatic carbocycles. The van der Waals surface area contributed by atoms with E-state index in [0.717, 1.165) is 138 Å². The van der Waals surface area contributed by atoms with Crippen LogP contribution in [0.4, 0.5) is 0 Å². The van der Waals surface area contributed by atoms with Gasteiger partial charge in [-0.15, -0.1) is 18.9 Å². The van der Waals surface area contributed by atoms with E-state index >= 15 is 0 Å². The maximum atomic E-state index is 12.2. The van der Waals surface area contributed by atoms with Gasteiger partial charge in [0.05, 0.1) is 38.4 Å². The van der Waals surface area contributed by atoms with Crippen molar-refractivity contribution >= 4 is 30.8 Å². The third-order valence-electron chi connectivity index (χ3n) is 14.5. The van der Waals surface area contributed by atoms with Crippen LogP contribution < -0.4 is 120 Å². The van der Waals surface area contributed by atoms with Gasteiger partial charge in [0.1, 0.15) is 0 Å². The summed E-state index contributed by atoms with van der Waals surface area (Å²) in [5, 5.41) is 0. The maximum absolute atomic E-state index is 12.2. The average molecular weight is 1310 g/mol. The van der Waals surface area contributed by atoms with E-state index in [1.807, 2.05) is 52.0 Å². The van der Waals surface area contributed by atoms with Gasteiger partial charge >= 0.3 is 66.9 Å². The molecule has 0 amide bonds. The smallest absolute Gasteiger partial charge is 0.790 e. The summed E-state index contributed by atoms with van der Waals surface area (Å²) in [5.74, 6) is 0.957. The van der Waals surface area contributed by atoms with Gasteiger partial charge in [0.15, 0.2) is 7.37 Å². The van der Waals surface area contributed by atoms with Gasteiger partial charge in [-0.25, -0.2) is 9.09 Å². The summed E-state index contributed by atoms with van der Waals surface area (Å²) in [7, 11) is -17.5. The van der Waals surface area contributed by atoms with Crippen LogP contribution in [0.15, 0.2) is 67.7 Å². The number of phosphoric ester groups is 3. The maximum Gasteiger partial charge on any atom is 1.00 e. The Bertz CT molecular complexity index is 2780. The molecular weight excluding hydrogens is 1230 g/mol. The van der Waals surface area contributed by atoms with E-state index in [2.05, 4.69) is 13.6 Å². The first-order valence-corrected chi connectivity index (χ1v) is 35.1. The Morgan fingerprint density at radius 1 is 0.384 bits per heavy atom. The molecule has 2 N–H and O–H groups in total. The van der Waals surface area contributed by atoms with Crippen molar-refractivity contribution in [3.05, 3.63) is 135 Å². The summed E-state index contributed by atoms with van der Waals surface area (Å²) in [6.07, 6.45) is 21.6. The molecule has 4 aromatic heterocycles. The van der Waals surface area contributed by atoms with Gasteiger partial charge in [-0.3, -0.25) is 28.3 Å². The van der Waals surface area contributed by atoms with Gasteiger partial charge < -0.3 is 66.9 Å². The van der Waals surface area contributed by atoms with Crippen LogP contribution in [0.25, 0.3) is 0 Å². The third kappa shape index (κ3) is 27.9. The molecule has 0 radical (unpaired) electrons. The van der Waals surface area contributed by atoms with E-state index < -0.39 is 62.3 Å². The van der Waals surface area contributed by atoms with Crippen molar-refractivity contribution in [2.45, 2.75) is 180 Å². The topological polar surface area (TPSA) is 363 Å². The first kappa shape index (κ1) is 77.8. The van der Waals surface area contributed by atoms with Gasteiger partial charge in [0.2, 0.25) is 27.2 Å². The molecule has 26 nitrogen and oxygen atoms in total. The summed E-state index contributed by atoms with van der Waals surface area (Å²) in [5.41, 5.74) is 5.14. The second-order valence-corrected chi connectivity index (χ2v) is 28.1. The van der Waals surface area contributed by atoms with Crippen LogP contribution in [-0.2, 0) is 36.4 Å². The number of hydrogen-bond donors (Lipinski definition) is 2. The molecule has 4 aromatic rings. The Morgan fingerprint density at radius 3 is 0.791 bits per heavy atom. The largest absolute Gasteiger partial charge is 1.00 e. The zero-order valence-electron chi connectivity index (χ0n) is 50.5. The number of phosphoric acid groups is 3. The molecule has 86 heavy (non-hydrogen) atoms. The van der Waals surface area contributed by atoms with Gasteiger partial charge in [-0.1, -0.05) is 77.0 Å². The molecule has 8 rings (SSSR count). The fraction of sp³-hybridized carbons (Fsp3) is 0.630. The molecule has 4 saturated carbocycles. The summed E-state index contributed by atoms with van der Waals surface area (Å²) in [6, 6.07) is 13.3. The Morgan fingerprint density at radius 2 is 0.593 bits per heavy atom. The van der Waals surface area contributed by atoms with Crippen LogP contribution in [0.2, 0.25) is 0 Å². The fourth-order valence-corrected chi connectivity index (χ4v) is 11.6. The van der Waals surface area contributed by atoms with E-state index in [1.54, 1.807) is 6.07 Å². The monoisotopic (exact) mass is 1310 g/mol. The summed E-state index contributed by atoms with van der Waals surface area (Å²) in [4.78, 5) is 128. The Hall–Kier alpha value is -2.48. The standard InChI is InChI=1S/C15H24NO4P.3C13H20NO6P.2Na/c1-12-9-14(13-7-5-4-6-8-13)16(15(17)10-12)19-11-20-21(2,3)18;3*1-10-7-12(11-5-3-2-4-6-11)14(13(15)8-10)19-9-20-21(16,17)18;;/h9-10,13H,4-8,11H2,1-3H3;3*7-8,11H,2-6,9H2,1H3,(H2,16,17,18);;/q;;;;2*+1/p-4. The second kappa shape index (κ2) is 37.1. The van der Waals surface area contributed by atoms with Crippen molar-refractivity contribution in [3.63, 3.8) is 0 Å². The van der Waals surface area contributed by atoms with Gasteiger partial charge in [-0.2, -0.15) is 0 Å². The summed E-state index contributed by atoms with van der Waals surface area (Å²) < 4.78 is 65.0. The van der Waals surface area contributed by atoms with E-state index in [4.69, 9.17) is 33.7 Å². The molecule has 472 valence electrons. The van der Waals surface area contributed by atoms with Crippen molar-refractivity contribution < 1.29 is 144 Å². The Kier molecular flexibility index (Phi) is 33.6. The first-order chi connectivity index (χ1) is 39.5. The third-order valence-corrected chi connectivity index (χ3v) is 16.5. The van der Waals surface area contributed by atoms with Crippen molar-refractivity contribution in [2.75, 3.05) is 40.5 Å². The molecule has 0 aliphatic heterocycles.